The Morgan fingerprint density at radius 3 is 2.62 bits per heavy atom. The second kappa shape index (κ2) is 5.87. The lowest BCUT2D eigenvalue weighted by atomic mass is 10.2. The number of nitro groups is 1. The Bertz CT molecular complexity index is 684. The summed E-state index contributed by atoms with van der Waals surface area (Å²) in [7, 11) is 1.33. The van der Waals surface area contributed by atoms with Crippen molar-refractivity contribution in [3.63, 3.8) is 0 Å². The number of nitro benzene ring substituents is 1. The van der Waals surface area contributed by atoms with Gasteiger partial charge in [0.15, 0.2) is 5.75 Å². The summed E-state index contributed by atoms with van der Waals surface area (Å²) in [6.07, 6.45) is 1.13. The summed E-state index contributed by atoms with van der Waals surface area (Å²) in [5, 5.41) is 19.6. The maximum absolute atomic E-state index is 10.9. The predicted molar refractivity (Wildman–Crippen MR) is 70.9 cm³/mol. The standard InChI is InChI=1S/C13H10N2O6/c1-20-11-4-3-9(6-10(11)15(18)19)21-12-5-2-8(7-14-12)13(16)17/h2-7H,1H3,(H,16,17). The highest BCUT2D eigenvalue weighted by Gasteiger charge is 2.16. The topological polar surface area (TPSA) is 112 Å². The Hall–Kier alpha value is -3.16. The normalized spacial score (nSPS) is 9.95. The van der Waals surface area contributed by atoms with Crippen LogP contribution in [0.4, 0.5) is 5.69 Å². The molecular formula is C13H10N2O6. The van der Waals surface area contributed by atoms with Crippen molar-refractivity contribution in [3.8, 4) is 17.4 Å². The quantitative estimate of drug-likeness (QED) is 0.664. The third-order valence-electron chi connectivity index (χ3n) is 2.55. The van der Waals surface area contributed by atoms with E-state index >= 15 is 0 Å². The van der Waals surface area contributed by atoms with Gasteiger partial charge in [-0.05, 0) is 18.2 Å². The molecule has 0 bridgehead atoms. The monoisotopic (exact) mass is 290 g/mol. The van der Waals surface area contributed by atoms with Gasteiger partial charge >= 0.3 is 11.7 Å². The first-order valence-corrected chi connectivity index (χ1v) is 5.71. The third-order valence-corrected chi connectivity index (χ3v) is 2.55. The number of benzene rings is 1. The van der Waals surface area contributed by atoms with Gasteiger partial charge in [0.2, 0.25) is 5.88 Å². The average Bonchev–Trinajstić information content (AvgIpc) is 2.47. The van der Waals surface area contributed by atoms with Crippen LogP contribution < -0.4 is 9.47 Å². The van der Waals surface area contributed by atoms with Crippen LogP contribution in [0, 0.1) is 10.1 Å². The predicted octanol–water partition coefficient (Wildman–Crippen LogP) is 2.49. The number of methoxy groups -OCH3 is 1. The number of hydrogen-bond acceptors (Lipinski definition) is 6. The zero-order valence-corrected chi connectivity index (χ0v) is 10.8. The second-order valence-corrected chi connectivity index (χ2v) is 3.88. The van der Waals surface area contributed by atoms with Crippen LogP contribution in [0.15, 0.2) is 36.5 Å². The van der Waals surface area contributed by atoms with Crippen molar-refractivity contribution in [1.82, 2.24) is 4.98 Å². The molecule has 0 amide bonds. The molecule has 1 aromatic heterocycles. The van der Waals surface area contributed by atoms with E-state index in [9.17, 15) is 14.9 Å². The van der Waals surface area contributed by atoms with Gasteiger partial charge in [0.25, 0.3) is 0 Å². The van der Waals surface area contributed by atoms with Crippen molar-refractivity contribution >= 4 is 11.7 Å². The maximum Gasteiger partial charge on any atom is 0.337 e. The van der Waals surface area contributed by atoms with Crippen molar-refractivity contribution in [2.45, 2.75) is 0 Å². The van der Waals surface area contributed by atoms with Crippen LogP contribution >= 0.6 is 0 Å². The summed E-state index contributed by atoms with van der Waals surface area (Å²) >= 11 is 0. The number of aromatic carboxylic acids is 1. The van der Waals surface area contributed by atoms with E-state index < -0.39 is 10.9 Å². The first-order valence-electron chi connectivity index (χ1n) is 5.71. The van der Waals surface area contributed by atoms with Gasteiger partial charge in [0.05, 0.1) is 23.7 Å². The Morgan fingerprint density at radius 1 is 1.33 bits per heavy atom. The average molecular weight is 290 g/mol. The Balaban J connectivity index is 2.25. The van der Waals surface area contributed by atoms with Crippen LogP contribution in [-0.4, -0.2) is 28.1 Å². The lowest BCUT2D eigenvalue weighted by Crippen LogP contribution is -1.98. The molecule has 8 nitrogen and oxygen atoms in total. The van der Waals surface area contributed by atoms with E-state index in [1.54, 1.807) is 0 Å². The van der Waals surface area contributed by atoms with Crippen molar-refractivity contribution in [2.75, 3.05) is 7.11 Å². The fourth-order valence-corrected chi connectivity index (χ4v) is 1.56. The number of carboxylic acids is 1. The first kappa shape index (κ1) is 14.3. The van der Waals surface area contributed by atoms with Gasteiger partial charge in [-0.25, -0.2) is 9.78 Å². The van der Waals surface area contributed by atoms with Crippen LogP contribution in [-0.2, 0) is 0 Å². The molecule has 1 N–H and O–H groups in total. The van der Waals surface area contributed by atoms with Gasteiger partial charge in [-0.2, -0.15) is 0 Å². The summed E-state index contributed by atoms with van der Waals surface area (Å²) in [5.41, 5.74) is -0.222. The van der Waals surface area contributed by atoms with Crippen LogP contribution in [0.25, 0.3) is 0 Å². The molecule has 0 aliphatic carbocycles. The molecule has 0 unspecified atom stereocenters. The van der Waals surface area contributed by atoms with Gasteiger partial charge in [0, 0.05) is 12.3 Å². The van der Waals surface area contributed by atoms with Gasteiger partial charge in [-0.3, -0.25) is 10.1 Å². The third kappa shape index (κ3) is 3.24. The largest absolute Gasteiger partial charge is 0.490 e. The number of pyridine rings is 1. The van der Waals surface area contributed by atoms with E-state index in [0.717, 1.165) is 6.20 Å². The number of ether oxygens (including phenoxy) is 2. The molecule has 0 saturated carbocycles. The molecule has 2 rings (SSSR count). The van der Waals surface area contributed by atoms with Gasteiger partial charge in [0.1, 0.15) is 5.75 Å². The number of aromatic nitrogens is 1. The van der Waals surface area contributed by atoms with Crippen molar-refractivity contribution < 1.29 is 24.3 Å². The molecule has 0 saturated heterocycles. The number of hydrogen-bond donors (Lipinski definition) is 1. The number of carbonyl (C=O) groups is 1. The molecule has 8 heteroatoms. The first-order chi connectivity index (χ1) is 10.0. The minimum absolute atomic E-state index is 0.0167. The van der Waals surface area contributed by atoms with Crippen molar-refractivity contribution in [3.05, 3.63) is 52.2 Å². The zero-order valence-electron chi connectivity index (χ0n) is 10.8. The Labute approximate surface area is 118 Å². The van der Waals surface area contributed by atoms with Crippen molar-refractivity contribution in [2.24, 2.45) is 0 Å². The van der Waals surface area contributed by atoms with Crippen LogP contribution in [0.1, 0.15) is 10.4 Å². The molecule has 0 aliphatic heterocycles. The summed E-state index contributed by atoms with van der Waals surface area (Å²) in [6, 6.07) is 6.77. The summed E-state index contributed by atoms with van der Waals surface area (Å²) in [6.45, 7) is 0. The molecular weight excluding hydrogens is 280 g/mol. The van der Waals surface area contributed by atoms with E-state index in [4.69, 9.17) is 14.6 Å². The maximum atomic E-state index is 10.9. The van der Waals surface area contributed by atoms with E-state index in [2.05, 4.69) is 4.98 Å². The molecule has 0 spiro atoms. The SMILES string of the molecule is COc1ccc(Oc2ccc(C(=O)O)cn2)cc1[N+](=O)[O-]. The minimum atomic E-state index is -1.10. The van der Waals surface area contributed by atoms with Crippen molar-refractivity contribution in [1.29, 1.82) is 0 Å². The molecule has 0 aliphatic rings. The zero-order chi connectivity index (χ0) is 15.4. The van der Waals surface area contributed by atoms with E-state index in [1.165, 1.54) is 37.4 Å². The van der Waals surface area contributed by atoms with Gasteiger partial charge in [-0.1, -0.05) is 0 Å². The minimum Gasteiger partial charge on any atom is -0.490 e. The molecule has 21 heavy (non-hydrogen) atoms. The highest BCUT2D eigenvalue weighted by atomic mass is 16.6. The summed E-state index contributed by atoms with van der Waals surface area (Å²) < 4.78 is 10.2. The van der Waals surface area contributed by atoms with E-state index in [0.29, 0.717) is 0 Å². The second-order valence-electron chi connectivity index (χ2n) is 3.88. The Kier molecular flexibility index (Phi) is 3.98. The lowest BCUT2D eigenvalue weighted by molar-refractivity contribution is -0.385. The molecule has 0 atom stereocenters. The summed E-state index contributed by atoms with van der Waals surface area (Å²) in [5.74, 6) is -0.673. The number of rotatable bonds is 5. The van der Waals surface area contributed by atoms with Gasteiger partial charge in [-0.15, -0.1) is 0 Å². The lowest BCUT2D eigenvalue weighted by Gasteiger charge is -2.06. The molecule has 0 fully saturated rings. The smallest absolute Gasteiger partial charge is 0.337 e. The Morgan fingerprint density at radius 2 is 2.10 bits per heavy atom. The molecule has 0 radical (unpaired) electrons. The highest BCUT2D eigenvalue weighted by Crippen LogP contribution is 2.32. The van der Waals surface area contributed by atoms with Gasteiger partial charge < -0.3 is 14.6 Å². The fraction of sp³-hybridized carbons (Fsp3) is 0.0769. The fourth-order valence-electron chi connectivity index (χ4n) is 1.56. The number of carboxylic acid groups (broad SMARTS) is 1. The molecule has 1 heterocycles. The molecule has 1 aromatic carbocycles. The molecule has 2 aromatic rings. The number of nitrogens with zero attached hydrogens (tertiary/aromatic N) is 2. The van der Waals surface area contributed by atoms with Crippen LogP contribution in [0.3, 0.4) is 0 Å². The van der Waals surface area contributed by atoms with Crippen LogP contribution in [0.2, 0.25) is 0 Å². The van der Waals surface area contributed by atoms with E-state index in [1.807, 2.05) is 0 Å². The van der Waals surface area contributed by atoms with Crippen LogP contribution in [0.5, 0.6) is 17.4 Å². The summed E-state index contributed by atoms with van der Waals surface area (Å²) in [4.78, 5) is 24.8. The molecule has 108 valence electrons. The highest BCUT2D eigenvalue weighted by molar-refractivity contribution is 5.87. The van der Waals surface area contributed by atoms with E-state index in [-0.39, 0.29) is 28.6 Å².